The summed E-state index contributed by atoms with van der Waals surface area (Å²) in [6.07, 6.45) is 0. The van der Waals surface area contributed by atoms with Gasteiger partial charge in [0.25, 0.3) is 11.8 Å². The van der Waals surface area contributed by atoms with Crippen molar-refractivity contribution in [3.8, 4) is 11.5 Å². The zero-order valence-electron chi connectivity index (χ0n) is 15.0. The van der Waals surface area contributed by atoms with Crippen LogP contribution in [0.25, 0.3) is 5.70 Å². The van der Waals surface area contributed by atoms with E-state index in [4.69, 9.17) is 9.47 Å². The van der Waals surface area contributed by atoms with E-state index in [0.717, 1.165) is 0 Å². The van der Waals surface area contributed by atoms with E-state index in [1.54, 1.807) is 25.3 Å². The molecule has 0 saturated carbocycles. The van der Waals surface area contributed by atoms with Crippen molar-refractivity contribution < 1.29 is 23.5 Å². The van der Waals surface area contributed by atoms with Crippen LogP contribution in [0.2, 0.25) is 0 Å². The van der Waals surface area contributed by atoms with Crippen molar-refractivity contribution >= 4 is 17.5 Å². The van der Waals surface area contributed by atoms with Crippen molar-refractivity contribution in [3.63, 3.8) is 0 Å². The SMILES string of the molecule is C=C(NNC(=O)CNC(=O)c1ccc(F)cc1)c1ccc(OC)cc1OC. The molecule has 0 fully saturated rings. The molecule has 2 amide bonds. The second-order valence-electron chi connectivity index (χ2n) is 5.41. The van der Waals surface area contributed by atoms with Gasteiger partial charge >= 0.3 is 0 Å². The summed E-state index contributed by atoms with van der Waals surface area (Å²) >= 11 is 0. The van der Waals surface area contributed by atoms with Crippen LogP contribution in [0, 0.1) is 5.82 Å². The Hall–Kier alpha value is -3.55. The minimum atomic E-state index is -0.487. The van der Waals surface area contributed by atoms with E-state index in [0.29, 0.717) is 22.8 Å². The van der Waals surface area contributed by atoms with E-state index < -0.39 is 17.6 Å². The molecule has 0 spiro atoms. The van der Waals surface area contributed by atoms with Crippen LogP contribution < -0.4 is 25.6 Å². The summed E-state index contributed by atoms with van der Waals surface area (Å²) in [5, 5.41) is 2.43. The standard InChI is InChI=1S/C19H20FN3O4/c1-12(16-9-8-15(26-2)10-17(16)27-3)22-23-18(24)11-21-19(25)13-4-6-14(20)7-5-13/h4-10,22H,1,11H2,2-3H3,(H,21,25)(H,23,24). The van der Waals surface area contributed by atoms with Gasteiger partial charge in [0.15, 0.2) is 0 Å². The highest BCUT2D eigenvalue weighted by atomic mass is 19.1. The molecule has 8 heteroatoms. The Balaban J connectivity index is 1.85. The van der Waals surface area contributed by atoms with Gasteiger partial charge in [-0.05, 0) is 36.4 Å². The number of carbonyl (C=O) groups excluding carboxylic acids is 2. The number of nitrogens with one attached hydrogen (secondary N) is 3. The molecule has 7 nitrogen and oxygen atoms in total. The molecule has 0 bridgehead atoms. The largest absolute Gasteiger partial charge is 0.497 e. The van der Waals surface area contributed by atoms with Crippen molar-refractivity contribution in [1.29, 1.82) is 0 Å². The molecule has 0 atom stereocenters. The predicted octanol–water partition coefficient (Wildman–Crippen LogP) is 1.86. The number of hydrogen-bond donors (Lipinski definition) is 3. The second kappa shape index (κ2) is 9.23. The van der Waals surface area contributed by atoms with Gasteiger partial charge in [-0.1, -0.05) is 6.58 Å². The van der Waals surface area contributed by atoms with Crippen LogP contribution in [0.1, 0.15) is 15.9 Å². The number of amides is 2. The smallest absolute Gasteiger partial charge is 0.257 e. The summed E-state index contributed by atoms with van der Waals surface area (Å²) in [7, 11) is 3.05. The molecule has 0 aliphatic carbocycles. The van der Waals surface area contributed by atoms with Crippen molar-refractivity contribution in [1.82, 2.24) is 16.2 Å². The minimum Gasteiger partial charge on any atom is -0.497 e. The normalized spacial score (nSPS) is 9.89. The van der Waals surface area contributed by atoms with Gasteiger partial charge in [-0.2, -0.15) is 0 Å². The highest BCUT2D eigenvalue weighted by Gasteiger charge is 2.11. The zero-order valence-corrected chi connectivity index (χ0v) is 15.0. The van der Waals surface area contributed by atoms with E-state index in [1.165, 1.54) is 31.4 Å². The Morgan fingerprint density at radius 3 is 2.37 bits per heavy atom. The van der Waals surface area contributed by atoms with Gasteiger partial charge in [0.05, 0.1) is 26.5 Å². The first-order valence-corrected chi connectivity index (χ1v) is 7.94. The fraction of sp³-hybridized carbons (Fsp3) is 0.158. The molecular weight excluding hydrogens is 353 g/mol. The fourth-order valence-corrected chi connectivity index (χ4v) is 2.17. The van der Waals surface area contributed by atoms with E-state index in [-0.39, 0.29) is 12.1 Å². The first-order chi connectivity index (χ1) is 12.9. The highest BCUT2D eigenvalue weighted by Crippen LogP contribution is 2.27. The van der Waals surface area contributed by atoms with Gasteiger partial charge in [-0.3, -0.25) is 20.4 Å². The molecule has 142 valence electrons. The average molecular weight is 373 g/mol. The monoisotopic (exact) mass is 373 g/mol. The third-order valence-corrected chi connectivity index (χ3v) is 3.60. The summed E-state index contributed by atoms with van der Waals surface area (Å²) in [5.74, 6) is -0.275. The number of methoxy groups -OCH3 is 2. The predicted molar refractivity (Wildman–Crippen MR) is 98.6 cm³/mol. The van der Waals surface area contributed by atoms with Gasteiger partial charge in [0, 0.05) is 17.2 Å². The maximum Gasteiger partial charge on any atom is 0.257 e. The average Bonchev–Trinajstić information content (AvgIpc) is 2.70. The molecule has 3 N–H and O–H groups in total. The van der Waals surface area contributed by atoms with E-state index >= 15 is 0 Å². The van der Waals surface area contributed by atoms with Crippen LogP contribution in [0.5, 0.6) is 11.5 Å². The first kappa shape index (κ1) is 19.8. The molecule has 0 radical (unpaired) electrons. The fourth-order valence-electron chi connectivity index (χ4n) is 2.17. The third-order valence-electron chi connectivity index (χ3n) is 3.60. The second-order valence-corrected chi connectivity index (χ2v) is 5.41. The van der Waals surface area contributed by atoms with Crippen LogP contribution in [0.3, 0.4) is 0 Å². The Morgan fingerprint density at radius 1 is 1.04 bits per heavy atom. The van der Waals surface area contributed by atoms with E-state index in [9.17, 15) is 14.0 Å². The lowest BCUT2D eigenvalue weighted by Crippen LogP contribution is -2.42. The highest BCUT2D eigenvalue weighted by molar-refractivity contribution is 5.96. The molecule has 0 aliphatic rings. The molecule has 0 heterocycles. The third kappa shape index (κ3) is 5.46. The maximum atomic E-state index is 12.8. The summed E-state index contributed by atoms with van der Waals surface area (Å²) in [6, 6.07) is 10.2. The number of benzene rings is 2. The number of rotatable bonds is 8. The van der Waals surface area contributed by atoms with Gasteiger partial charge < -0.3 is 14.8 Å². The molecule has 0 aliphatic heterocycles. The lowest BCUT2D eigenvalue weighted by molar-refractivity contribution is -0.120. The Morgan fingerprint density at radius 2 is 1.74 bits per heavy atom. The summed E-state index contributed by atoms with van der Waals surface area (Å²) < 4.78 is 23.2. The van der Waals surface area contributed by atoms with Crippen molar-refractivity contribution in [2.45, 2.75) is 0 Å². The number of ether oxygens (including phenoxy) is 2. The van der Waals surface area contributed by atoms with Gasteiger partial charge in [0.1, 0.15) is 17.3 Å². The topological polar surface area (TPSA) is 88.7 Å². The minimum absolute atomic E-state index is 0.254. The molecule has 0 saturated heterocycles. The maximum absolute atomic E-state index is 12.8. The number of halogens is 1. The quantitative estimate of drug-likeness (QED) is 0.615. The van der Waals surface area contributed by atoms with Crippen LogP contribution in [-0.4, -0.2) is 32.6 Å². The van der Waals surface area contributed by atoms with Gasteiger partial charge in [-0.15, -0.1) is 0 Å². The lowest BCUT2D eigenvalue weighted by atomic mass is 10.1. The van der Waals surface area contributed by atoms with Crippen LogP contribution in [-0.2, 0) is 4.79 Å². The van der Waals surface area contributed by atoms with E-state index in [1.807, 2.05) is 0 Å². The van der Waals surface area contributed by atoms with Crippen molar-refractivity contribution in [2.24, 2.45) is 0 Å². The molecule has 2 rings (SSSR count). The number of hydrazine groups is 1. The molecule has 2 aromatic carbocycles. The van der Waals surface area contributed by atoms with Crippen LogP contribution in [0.4, 0.5) is 4.39 Å². The zero-order chi connectivity index (χ0) is 19.8. The molecule has 2 aromatic rings. The Kier molecular flexibility index (Phi) is 6.76. The lowest BCUT2D eigenvalue weighted by Gasteiger charge is -2.15. The number of hydrogen-bond acceptors (Lipinski definition) is 5. The Labute approximate surface area is 156 Å². The summed E-state index contributed by atoms with van der Waals surface area (Å²) in [4.78, 5) is 23.8. The number of carbonyl (C=O) groups is 2. The van der Waals surface area contributed by atoms with E-state index in [2.05, 4.69) is 22.7 Å². The molecule has 27 heavy (non-hydrogen) atoms. The van der Waals surface area contributed by atoms with Crippen LogP contribution in [0.15, 0.2) is 49.0 Å². The first-order valence-electron chi connectivity index (χ1n) is 7.94. The van der Waals surface area contributed by atoms with Crippen molar-refractivity contribution in [2.75, 3.05) is 20.8 Å². The molecule has 0 unspecified atom stereocenters. The Bertz CT molecular complexity index is 837. The molecular formula is C19H20FN3O4. The van der Waals surface area contributed by atoms with Gasteiger partial charge in [-0.25, -0.2) is 4.39 Å². The summed E-state index contributed by atoms with van der Waals surface area (Å²) in [5.41, 5.74) is 6.38. The summed E-state index contributed by atoms with van der Waals surface area (Å²) in [6.45, 7) is 3.57. The van der Waals surface area contributed by atoms with Gasteiger partial charge in [0.2, 0.25) is 0 Å². The van der Waals surface area contributed by atoms with Crippen molar-refractivity contribution in [3.05, 3.63) is 66.0 Å². The van der Waals surface area contributed by atoms with Crippen LogP contribution >= 0.6 is 0 Å². The molecule has 0 aromatic heterocycles.